The van der Waals surface area contributed by atoms with E-state index >= 15 is 0 Å². The molecule has 0 bridgehead atoms. The topological polar surface area (TPSA) is 0 Å². The summed E-state index contributed by atoms with van der Waals surface area (Å²) in [5.74, 6) is -3.67. The van der Waals surface area contributed by atoms with Gasteiger partial charge in [0.05, 0.1) is 5.92 Å². The van der Waals surface area contributed by atoms with E-state index in [1.54, 1.807) is 26.8 Å². The first-order valence-electron chi connectivity index (χ1n) is 7.91. The van der Waals surface area contributed by atoms with Crippen LogP contribution in [0, 0.1) is 5.41 Å². The first-order chi connectivity index (χ1) is 10.8. The first-order valence-corrected chi connectivity index (χ1v) is 7.91. The molecule has 2 aromatic carbocycles. The molecule has 0 aliphatic rings. The molecule has 0 amide bonds. The molecule has 0 aliphatic heterocycles. The molecule has 0 aliphatic carbocycles. The summed E-state index contributed by atoms with van der Waals surface area (Å²) in [6.45, 7) is 8.41. The maximum Gasteiger partial charge on any atom is 0.259 e. The molecule has 23 heavy (non-hydrogen) atoms. The highest BCUT2D eigenvalue weighted by atomic mass is 19.3. The van der Waals surface area contributed by atoms with E-state index in [1.165, 1.54) is 0 Å². The van der Waals surface area contributed by atoms with Gasteiger partial charge in [0.15, 0.2) is 0 Å². The van der Waals surface area contributed by atoms with Crippen molar-refractivity contribution in [3.63, 3.8) is 0 Å². The van der Waals surface area contributed by atoms with Gasteiger partial charge in [0.25, 0.3) is 5.92 Å². The Kier molecular flexibility index (Phi) is 5.03. The van der Waals surface area contributed by atoms with Crippen molar-refractivity contribution >= 4 is 0 Å². The fraction of sp³-hybridized carbons (Fsp3) is 0.333. The molecule has 0 aromatic heterocycles. The molecule has 2 aromatic rings. The van der Waals surface area contributed by atoms with Crippen LogP contribution in [0.2, 0.25) is 0 Å². The second-order valence-corrected chi connectivity index (χ2v) is 6.94. The average molecular weight is 314 g/mol. The maximum absolute atomic E-state index is 14.8. The Hall–Kier alpha value is -1.96. The minimum Gasteiger partial charge on any atom is -0.206 e. The Labute approximate surface area is 137 Å². The van der Waals surface area contributed by atoms with Crippen molar-refractivity contribution in [3.05, 3.63) is 72.8 Å². The van der Waals surface area contributed by atoms with E-state index in [9.17, 15) is 8.78 Å². The lowest BCUT2D eigenvalue weighted by Crippen LogP contribution is -2.39. The van der Waals surface area contributed by atoms with Crippen LogP contribution >= 0.6 is 0 Å². The average Bonchev–Trinajstić information content (AvgIpc) is 2.52. The molecule has 2 rings (SSSR count). The molecule has 0 heterocycles. The summed E-state index contributed by atoms with van der Waals surface area (Å²) >= 11 is 0. The highest BCUT2D eigenvalue weighted by molar-refractivity contribution is 5.63. The third kappa shape index (κ3) is 3.69. The summed E-state index contributed by atoms with van der Waals surface area (Å²) < 4.78 is 29.7. The molecule has 0 saturated heterocycles. The molecule has 0 saturated carbocycles. The van der Waals surface area contributed by atoms with Gasteiger partial charge in [0, 0.05) is 5.41 Å². The van der Waals surface area contributed by atoms with Crippen molar-refractivity contribution in [1.29, 1.82) is 0 Å². The van der Waals surface area contributed by atoms with E-state index in [-0.39, 0.29) is 6.42 Å². The molecular formula is C21H24F2. The third-order valence-corrected chi connectivity index (χ3v) is 4.26. The summed E-state index contributed by atoms with van der Waals surface area (Å²) in [6.07, 6.45) is 1.84. The van der Waals surface area contributed by atoms with Crippen LogP contribution in [0.15, 0.2) is 67.3 Å². The van der Waals surface area contributed by atoms with E-state index in [0.29, 0.717) is 5.56 Å². The van der Waals surface area contributed by atoms with Gasteiger partial charge in [-0.3, -0.25) is 0 Å². The maximum atomic E-state index is 14.8. The number of halogens is 2. The summed E-state index contributed by atoms with van der Waals surface area (Å²) in [4.78, 5) is 0. The molecule has 2 heteroatoms. The predicted octanol–water partition coefficient (Wildman–Crippen LogP) is 6.69. The fourth-order valence-electron chi connectivity index (χ4n) is 2.72. The van der Waals surface area contributed by atoms with E-state index in [2.05, 4.69) is 6.58 Å². The second-order valence-electron chi connectivity index (χ2n) is 6.94. The van der Waals surface area contributed by atoms with Crippen LogP contribution in [-0.2, 0) is 0 Å². The van der Waals surface area contributed by atoms with E-state index in [1.807, 2.05) is 54.6 Å². The van der Waals surface area contributed by atoms with Crippen molar-refractivity contribution in [3.8, 4) is 11.1 Å². The molecular weight excluding hydrogens is 290 g/mol. The minimum atomic E-state index is -2.81. The van der Waals surface area contributed by atoms with Crippen LogP contribution < -0.4 is 0 Å². The van der Waals surface area contributed by atoms with E-state index in [4.69, 9.17) is 0 Å². The zero-order valence-electron chi connectivity index (χ0n) is 14.0. The number of hydrogen-bond donors (Lipinski definition) is 0. The number of alkyl halides is 2. The van der Waals surface area contributed by atoms with Gasteiger partial charge in [-0.25, -0.2) is 8.78 Å². The van der Waals surface area contributed by atoms with Gasteiger partial charge in [-0.2, -0.15) is 0 Å². The lowest BCUT2D eigenvalue weighted by Gasteiger charge is -2.37. The van der Waals surface area contributed by atoms with Crippen LogP contribution in [0.25, 0.3) is 11.1 Å². The van der Waals surface area contributed by atoms with Gasteiger partial charge in [-0.1, -0.05) is 81.4 Å². The van der Waals surface area contributed by atoms with Crippen molar-refractivity contribution in [2.45, 2.75) is 39.0 Å². The first kappa shape index (κ1) is 17.4. The Morgan fingerprint density at radius 1 is 0.913 bits per heavy atom. The number of rotatable bonds is 5. The summed E-state index contributed by atoms with van der Waals surface area (Å²) in [7, 11) is 0. The van der Waals surface area contributed by atoms with Crippen LogP contribution in [0.1, 0.15) is 38.7 Å². The highest BCUT2D eigenvalue weighted by Crippen LogP contribution is 2.48. The lowest BCUT2D eigenvalue weighted by molar-refractivity contribution is -0.118. The SMILES string of the molecule is C=CCC(c1ccc(-c2ccccc2)cc1)C(F)(F)C(C)(C)C. The molecule has 0 nitrogen and oxygen atoms in total. The molecule has 122 valence electrons. The van der Waals surface area contributed by atoms with Gasteiger partial charge in [0.1, 0.15) is 0 Å². The summed E-state index contributed by atoms with van der Waals surface area (Å²) in [6, 6.07) is 17.4. The third-order valence-electron chi connectivity index (χ3n) is 4.26. The van der Waals surface area contributed by atoms with Crippen molar-refractivity contribution < 1.29 is 8.78 Å². The Morgan fingerprint density at radius 3 is 1.91 bits per heavy atom. The number of allylic oxidation sites excluding steroid dienone is 1. The second kappa shape index (κ2) is 6.66. The lowest BCUT2D eigenvalue weighted by atomic mass is 9.75. The quantitative estimate of drug-likeness (QED) is 0.539. The van der Waals surface area contributed by atoms with Crippen molar-refractivity contribution in [2.75, 3.05) is 0 Å². The summed E-state index contributed by atoms with van der Waals surface area (Å²) in [5, 5.41) is 0. The molecule has 0 spiro atoms. The van der Waals surface area contributed by atoms with Gasteiger partial charge in [0.2, 0.25) is 0 Å². The zero-order valence-corrected chi connectivity index (χ0v) is 14.0. The molecule has 0 fully saturated rings. The Bertz CT molecular complexity index is 634. The highest BCUT2D eigenvalue weighted by Gasteiger charge is 2.49. The van der Waals surface area contributed by atoms with E-state index in [0.717, 1.165) is 11.1 Å². The van der Waals surface area contributed by atoms with Gasteiger partial charge >= 0.3 is 0 Å². The van der Waals surface area contributed by atoms with Crippen molar-refractivity contribution in [2.24, 2.45) is 5.41 Å². The van der Waals surface area contributed by atoms with Gasteiger partial charge < -0.3 is 0 Å². The van der Waals surface area contributed by atoms with Crippen LogP contribution in [0.4, 0.5) is 8.78 Å². The Balaban J connectivity index is 2.36. The van der Waals surface area contributed by atoms with Gasteiger partial charge in [-0.15, -0.1) is 6.58 Å². The molecule has 1 atom stereocenters. The van der Waals surface area contributed by atoms with Crippen LogP contribution in [0.5, 0.6) is 0 Å². The minimum absolute atomic E-state index is 0.259. The summed E-state index contributed by atoms with van der Waals surface area (Å²) in [5.41, 5.74) is 1.68. The fourth-order valence-corrected chi connectivity index (χ4v) is 2.72. The van der Waals surface area contributed by atoms with Gasteiger partial charge in [-0.05, 0) is 23.1 Å². The predicted molar refractivity (Wildman–Crippen MR) is 93.8 cm³/mol. The Morgan fingerprint density at radius 2 is 1.43 bits per heavy atom. The largest absolute Gasteiger partial charge is 0.259 e. The zero-order chi connectivity index (χ0) is 17.1. The van der Waals surface area contributed by atoms with Crippen molar-refractivity contribution in [1.82, 2.24) is 0 Å². The van der Waals surface area contributed by atoms with E-state index < -0.39 is 17.3 Å². The standard InChI is InChI=1S/C21H24F2/c1-5-9-19(21(22,23)20(2,3)4)18-14-12-17(13-15-18)16-10-7-6-8-11-16/h5-8,10-15,19H,1,9H2,2-4H3. The number of hydrogen-bond acceptors (Lipinski definition) is 0. The number of benzene rings is 2. The smallest absolute Gasteiger partial charge is 0.206 e. The molecule has 0 N–H and O–H groups in total. The normalized spacial score (nSPS) is 13.6. The monoisotopic (exact) mass is 314 g/mol. The molecule has 1 unspecified atom stereocenters. The van der Waals surface area contributed by atoms with Crippen LogP contribution in [0.3, 0.4) is 0 Å². The van der Waals surface area contributed by atoms with Crippen LogP contribution in [-0.4, -0.2) is 5.92 Å². The molecule has 0 radical (unpaired) electrons.